The minimum atomic E-state index is -0.825. The number of anilines is 1. The summed E-state index contributed by atoms with van der Waals surface area (Å²) in [4.78, 5) is 0. The minimum absolute atomic E-state index is 0.312. The van der Waals surface area contributed by atoms with E-state index >= 15 is 0 Å². The molecule has 2 aromatic rings. The second kappa shape index (κ2) is 5.70. The highest BCUT2D eigenvalue weighted by Crippen LogP contribution is 2.28. The lowest BCUT2D eigenvalue weighted by Gasteiger charge is -2.18. The fraction of sp³-hybridized carbons (Fsp3) is 0.200. The van der Waals surface area contributed by atoms with Crippen molar-refractivity contribution in [1.82, 2.24) is 0 Å². The molecule has 19 heavy (non-hydrogen) atoms. The molecule has 0 aliphatic carbocycles. The second-order valence-corrected chi connectivity index (χ2v) is 5.35. The number of rotatable bonds is 3. The van der Waals surface area contributed by atoms with Gasteiger partial charge in [-0.1, -0.05) is 18.2 Å². The standard InChI is InChI=1S/C15H14BrF2N/c1-9-6-7-14(12(16)8-9)19-10(2)11-4-3-5-13(17)15(11)18/h3-8,10,19H,1-2H3. The first-order valence-corrected chi connectivity index (χ1v) is 6.75. The summed E-state index contributed by atoms with van der Waals surface area (Å²) in [6, 6.07) is 9.72. The van der Waals surface area contributed by atoms with Gasteiger partial charge in [0.2, 0.25) is 0 Å². The smallest absolute Gasteiger partial charge is 0.164 e. The van der Waals surface area contributed by atoms with E-state index < -0.39 is 11.6 Å². The van der Waals surface area contributed by atoms with Crippen LogP contribution in [0.1, 0.15) is 24.1 Å². The van der Waals surface area contributed by atoms with Crippen LogP contribution in [0.3, 0.4) is 0 Å². The molecule has 0 bridgehead atoms. The van der Waals surface area contributed by atoms with Crippen LogP contribution in [0.15, 0.2) is 40.9 Å². The van der Waals surface area contributed by atoms with Crippen LogP contribution in [0, 0.1) is 18.6 Å². The van der Waals surface area contributed by atoms with E-state index in [1.165, 1.54) is 6.07 Å². The Balaban J connectivity index is 2.25. The summed E-state index contributed by atoms with van der Waals surface area (Å²) in [6.45, 7) is 3.79. The molecule has 0 saturated carbocycles. The van der Waals surface area contributed by atoms with Gasteiger partial charge in [-0.3, -0.25) is 0 Å². The highest BCUT2D eigenvalue weighted by atomic mass is 79.9. The summed E-state index contributed by atoms with van der Waals surface area (Å²) in [6.07, 6.45) is 0. The molecule has 2 aromatic carbocycles. The van der Waals surface area contributed by atoms with E-state index in [-0.39, 0.29) is 6.04 Å². The molecule has 1 atom stereocenters. The zero-order chi connectivity index (χ0) is 14.0. The molecule has 1 nitrogen and oxygen atoms in total. The lowest BCUT2D eigenvalue weighted by molar-refractivity contribution is 0.494. The molecule has 0 fully saturated rings. The van der Waals surface area contributed by atoms with Gasteiger partial charge in [-0.15, -0.1) is 0 Å². The number of hydrogen-bond acceptors (Lipinski definition) is 1. The largest absolute Gasteiger partial charge is 0.377 e. The van der Waals surface area contributed by atoms with Crippen molar-refractivity contribution in [3.05, 3.63) is 63.6 Å². The normalized spacial score (nSPS) is 12.3. The molecule has 0 heterocycles. The molecular weight excluding hydrogens is 312 g/mol. The molecular formula is C15H14BrF2N. The maximum absolute atomic E-state index is 13.7. The number of aryl methyl sites for hydroxylation is 1. The van der Waals surface area contributed by atoms with Crippen LogP contribution in [0.5, 0.6) is 0 Å². The Morgan fingerprint density at radius 3 is 2.58 bits per heavy atom. The fourth-order valence-corrected chi connectivity index (χ4v) is 2.51. The van der Waals surface area contributed by atoms with Gasteiger partial charge in [0.15, 0.2) is 11.6 Å². The van der Waals surface area contributed by atoms with Crippen LogP contribution < -0.4 is 5.32 Å². The molecule has 0 saturated heterocycles. The first kappa shape index (κ1) is 14.0. The second-order valence-electron chi connectivity index (χ2n) is 4.49. The van der Waals surface area contributed by atoms with Gasteiger partial charge in [0.1, 0.15) is 0 Å². The average molecular weight is 326 g/mol. The van der Waals surface area contributed by atoms with Crippen LogP contribution >= 0.6 is 15.9 Å². The average Bonchev–Trinajstić information content (AvgIpc) is 2.36. The molecule has 4 heteroatoms. The van der Waals surface area contributed by atoms with Crippen LogP contribution in [0.4, 0.5) is 14.5 Å². The van der Waals surface area contributed by atoms with E-state index in [1.807, 2.05) is 25.1 Å². The number of hydrogen-bond donors (Lipinski definition) is 1. The first-order valence-electron chi connectivity index (χ1n) is 5.95. The Kier molecular flexibility index (Phi) is 4.20. The van der Waals surface area contributed by atoms with Crippen molar-refractivity contribution in [1.29, 1.82) is 0 Å². The van der Waals surface area contributed by atoms with Crippen molar-refractivity contribution in [3.63, 3.8) is 0 Å². The van der Waals surface area contributed by atoms with Crippen molar-refractivity contribution in [2.24, 2.45) is 0 Å². The number of benzene rings is 2. The highest BCUT2D eigenvalue weighted by Gasteiger charge is 2.14. The molecule has 0 radical (unpaired) electrons. The Morgan fingerprint density at radius 1 is 1.16 bits per heavy atom. The quantitative estimate of drug-likeness (QED) is 0.816. The van der Waals surface area contributed by atoms with Gasteiger partial charge in [0.05, 0.1) is 6.04 Å². The predicted molar refractivity (Wildman–Crippen MR) is 77.3 cm³/mol. The zero-order valence-corrected chi connectivity index (χ0v) is 12.3. The summed E-state index contributed by atoms with van der Waals surface area (Å²) in [5, 5.41) is 3.17. The third-order valence-corrected chi connectivity index (χ3v) is 3.60. The third-order valence-electron chi connectivity index (χ3n) is 2.94. The minimum Gasteiger partial charge on any atom is -0.377 e. The summed E-state index contributed by atoms with van der Waals surface area (Å²) < 4.78 is 27.8. The molecule has 0 aliphatic heterocycles. The van der Waals surface area contributed by atoms with E-state index in [9.17, 15) is 8.78 Å². The van der Waals surface area contributed by atoms with E-state index in [4.69, 9.17) is 0 Å². The van der Waals surface area contributed by atoms with Gasteiger partial charge in [-0.05, 0) is 53.5 Å². The topological polar surface area (TPSA) is 12.0 Å². The van der Waals surface area contributed by atoms with Crippen molar-refractivity contribution in [2.45, 2.75) is 19.9 Å². The monoisotopic (exact) mass is 325 g/mol. The Hall–Kier alpha value is -1.42. The van der Waals surface area contributed by atoms with Crippen LogP contribution in [-0.4, -0.2) is 0 Å². The molecule has 0 spiro atoms. The summed E-state index contributed by atoms with van der Waals surface area (Å²) in [7, 11) is 0. The first-order chi connectivity index (χ1) is 8.99. The molecule has 100 valence electrons. The summed E-state index contributed by atoms with van der Waals surface area (Å²) in [5.74, 6) is -1.63. The molecule has 0 amide bonds. The molecule has 1 N–H and O–H groups in total. The lowest BCUT2D eigenvalue weighted by atomic mass is 10.1. The molecule has 0 aliphatic rings. The Labute approximate surface area is 119 Å². The van der Waals surface area contributed by atoms with Gasteiger partial charge >= 0.3 is 0 Å². The van der Waals surface area contributed by atoms with Gasteiger partial charge in [-0.25, -0.2) is 8.78 Å². The maximum atomic E-state index is 13.7. The van der Waals surface area contributed by atoms with Crippen molar-refractivity contribution >= 4 is 21.6 Å². The van der Waals surface area contributed by atoms with Gasteiger partial charge in [0.25, 0.3) is 0 Å². The highest BCUT2D eigenvalue weighted by molar-refractivity contribution is 9.10. The van der Waals surface area contributed by atoms with Crippen LogP contribution in [0.25, 0.3) is 0 Å². The number of nitrogens with one attached hydrogen (secondary N) is 1. The summed E-state index contributed by atoms with van der Waals surface area (Å²) >= 11 is 3.45. The number of halogens is 3. The molecule has 1 unspecified atom stereocenters. The zero-order valence-electron chi connectivity index (χ0n) is 10.7. The van der Waals surface area contributed by atoms with E-state index in [2.05, 4.69) is 21.2 Å². The van der Waals surface area contributed by atoms with E-state index in [0.717, 1.165) is 21.8 Å². The van der Waals surface area contributed by atoms with Crippen LogP contribution in [-0.2, 0) is 0 Å². The maximum Gasteiger partial charge on any atom is 0.164 e. The third kappa shape index (κ3) is 3.13. The van der Waals surface area contributed by atoms with Crippen molar-refractivity contribution in [2.75, 3.05) is 5.32 Å². The Morgan fingerprint density at radius 2 is 1.89 bits per heavy atom. The SMILES string of the molecule is Cc1ccc(NC(C)c2cccc(F)c2F)c(Br)c1. The Bertz CT molecular complexity index is 599. The van der Waals surface area contributed by atoms with Gasteiger partial charge in [0, 0.05) is 15.7 Å². The predicted octanol–water partition coefficient (Wildman–Crippen LogP) is 5.21. The van der Waals surface area contributed by atoms with Gasteiger partial charge < -0.3 is 5.32 Å². The van der Waals surface area contributed by atoms with Crippen molar-refractivity contribution < 1.29 is 8.78 Å². The van der Waals surface area contributed by atoms with E-state index in [1.54, 1.807) is 13.0 Å². The van der Waals surface area contributed by atoms with E-state index in [0.29, 0.717) is 5.56 Å². The lowest BCUT2D eigenvalue weighted by Crippen LogP contribution is -2.10. The molecule has 2 rings (SSSR count). The van der Waals surface area contributed by atoms with Crippen LogP contribution in [0.2, 0.25) is 0 Å². The van der Waals surface area contributed by atoms with Gasteiger partial charge in [-0.2, -0.15) is 0 Å². The summed E-state index contributed by atoms with van der Waals surface area (Å²) in [5.41, 5.74) is 2.29. The molecule has 0 aromatic heterocycles. The van der Waals surface area contributed by atoms with Crippen molar-refractivity contribution in [3.8, 4) is 0 Å². The fourth-order valence-electron chi connectivity index (χ4n) is 1.90.